The Bertz CT molecular complexity index is 509. The molecule has 2 heterocycles. The highest BCUT2D eigenvalue weighted by molar-refractivity contribution is 5.30. The number of aromatic nitrogens is 3. The van der Waals surface area contributed by atoms with Crippen LogP contribution >= 0.6 is 0 Å². The van der Waals surface area contributed by atoms with E-state index in [2.05, 4.69) is 48.2 Å². The minimum atomic E-state index is 0.117. The molecule has 1 N–H and O–H groups in total. The van der Waals surface area contributed by atoms with E-state index in [1.165, 1.54) is 5.56 Å². The van der Waals surface area contributed by atoms with E-state index < -0.39 is 0 Å². The second-order valence-electron chi connectivity index (χ2n) is 5.55. The minimum Gasteiger partial charge on any atom is -0.308 e. The summed E-state index contributed by atoms with van der Waals surface area (Å²) in [7, 11) is 0. The summed E-state index contributed by atoms with van der Waals surface area (Å²) < 4.78 is 1.92. The Morgan fingerprint density at radius 1 is 1.28 bits per heavy atom. The summed E-state index contributed by atoms with van der Waals surface area (Å²) >= 11 is 0. The Morgan fingerprint density at radius 3 is 2.67 bits per heavy atom. The maximum absolute atomic E-state index is 4.52. The van der Waals surface area contributed by atoms with Crippen molar-refractivity contribution in [1.29, 1.82) is 0 Å². The SMILES string of the molecule is Cc1cc(CNC(C)(C)C)cc(-n2ccnc2)n1. The number of imidazole rings is 1. The molecule has 96 valence electrons. The van der Waals surface area contributed by atoms with Gasteiger partial charge in [-0.1, -0.05) is 0 Å². The van der Waals surface area contributed by atoms with Crippen LogP contribution in [0.25, 0.3) is 5.82 Å². The largest absolute Gasteiger partial charge is 0.308 e. The van der Waals surface area contributed by atoms with Gasteiger partial charge in [0, 0.05) is 30.2 Å². The van der Waals surface area contributed by atoms with Crippen molar-refractivity contribution in [2.24, 2.45) is 0 Å². The quantitative estimate of drug-likeness (QED) is 0.902. The van der Waals surface area contributed by atoms with Crippen molar-refractivity contribution in [2.45, 2.75) is 39.8 Å². The molecular formula is C14H20N4. The molecule has 0 bridgehead atoms. The van der Waals surface area contributed by atoms with Crippen LogP contribution in [-0.4, -0.2) is 20.1 Å². The van der Waals surface area contributed by atoms with Gasteiger partial charge in [-0.2, -0.15) is 0 Å². The van der Waals surface area contributed by atoms with Crippen LogP contribution in [0.1, 0.15) is 32.0 Å². The molecule has 0 saturated heterocycles. The fraction of sp³-hybridized carbons (Fsp3) is 0.429. The zero-order valence-corrected chi connectivity index (χ0v) is 11.4. The van der Waals surface area contributed by atoms with Gasteiger partial charge in [-0.05, 0) is 45.4 Å². The highest BCUT2D eigenvalue weighted by Crippen LogP contribution is 2.11. The third-order valence-corrected chi connectivity index (χ3v) is 2.59. The topological polar surface area (TPSA) is 42.7 Å². The molecule has 0 aliphatic carbocycles. The highest BCUT2D eigenvalue weighted by atomic mass is 15.1. The predicted octanol–water partition coefficient (Wildman–Crippen LogP) is 2.46. The average Bonchev–Trinajstić information content (AvgIpc) is 2.78. The Balaban J connectivity index is 2.22. The molecule has 2 aromatic heterocycles. The molecule has 0 fully saturated rings. The molecule has 4 heteroatoms. The molecule has 0 amide bonds. The van der Waals surface area contributed by atoms with Gasteiger partial charge in [-0.3, -0.25) is 4.57 Å². The smallest absolute Gasteiger partial charge is 0.138 e. The molecular weight excluding hydrogens is 224 g/mol. The lowest BCUT2D eigenvalue weighted by atomic mass is 10.1. The summed E-state index contributed by atoms with van der Waals surface area (Å²) in [6.07, 6.45) is 5.43. The molecule has 18 heavy (non-hydrogen) atoms. The maximum atomic E-state index is 4.52. The van der Waals surface area contributed by atoms with E-state index in [4.69, 9.17) is 0 Å². The Kier molecular flexibility index (Phi) is 3.48. The van der Waals surface area contributed by atoms with Crippen LogP contribution in [0.5, 0.6) is 0 Å². The first kappa shape index (κ1) is 12.8. The number of nitrogens with zero attached hydrogens (tertiary/aromatic N) is 3. The zero-order chi connectivity index (χ0) is 13.2. The zero-order valence-electron chi connectivity index (χ0n) is 11.4. The number of hydrogen-bond acceptors (Lipinski definition) is 3. The van der Waals surface area contributed by atoms with Gasteiger partial charge in [0.15, 0.2) is 0 Å². The van der Waals surface area contributed by atoms with Crippen LogP contribution in [0, 0.1) is 6.92 Å². The van der Waals surface area contributed by atoms with Gasteiger partial charge >= 0.3 is 0 Å². The minimum absolute atomic E-state index is 0.117. The van der Waals surface area contributed by atoms with Crippen LogP contribution in [0.15, 0.2) is 30.9 Å². The van der Waals surface area contributed by atoms with Crippen molar-refractivity contribution in [1.82, 2.24) is 19.9 Å². The Labute approximate surface area is 108 Å². The van der Waals surface area contributed by atoms with Crippen molar-refractivity contribution in [3.8, 4) is 5.82 Å². The lowest BCUT2D eigenvalue weighted by Gasteiger charge is -2.20. The van der Waals surface area contributed by atoms with Crippen LogP contribution < -0.4 is 5.32 Å². The van der Waals surface area contributed by atoms with Gasteiger partial charge in [0.2, 0.25) is 0 Å². The molecule has 0 aliphatic heterocycles. The van der Waals surface area contributed by atoms with E-state index >= 15 is 0 Å². The lowest BCUT2D eigenvalue weighted by Crippen LogP contribution is -2.35. The number of nitrogens with one attached hydrogen (secondary N) is 1. The summed E-state index contributed by atoms with van der Waals surface area (Å²) in [4.78, 5) is 8.57. The molecule has 0 radical (unpaired) electrons. The van der Waals surface area contributed by atoms with Crippen molar-refractivity contribution >= 4 is 0 Å². The molecule has 2 rings (SSSR count). The lowest BCUT2D eigenvalue weighted by molar-refractivity contribution is 0.424. The van der Waals surface area contributed by atoms with Gasteiger partial charge in [0.25, 0.3) is 0 Å². The first-order valence-corrected chi connectivity index (χ1v) is 6.15. The van der Waals surface area contributed by atoms with Gasteiger partial charge in [0.1, 0.15) is 12.1 Å². The van der Waals surface area contributed by atoms with E-state index in [1.807, 2.05) is 17.7 Å². The van der Waals surface area contributed by atoms with Crippen LogP contribution in [-0.2, 0) is 6.54 Å². The van der Waals surface area contributed by atoms with Crippen molar-refractivity contribution in [3.05, 3.63) is 42.1 Å². The molecule has 4 nitrogen and oxygen atoms in total. The summed E-state index contributed by atoms with van der Waals surface area (Å²) in [6, 6.07) is 4.20. The van der Waals surface area contributed by atoms with Gasteiger partial charge < -0.3 is 5.32 Å². The van der Waals surface area contributed by atoms with E-state index in [9.17, 15) is 0 Å². The average molecular weight is 244 g/mol. The first-order chi connectivity index (χ1) is 8.44. The number of rotatable bonds is 3. The fourth-order valence-electron chi connectivity index (χ4n) is 1.72. The molecule has 0 unspecified atom stereocenters. The fourth-order valence-corrected chi connectivity index (χ4v) is 1.72. The molecule has 2 aromatic rings. The number of hydrogen-bond donors (Lipinski definition) is 1. The van der Waals surface area contributed by atoms with Crippen molar-refractivity contribution < 1.29 is 0 Å². The highest BCUT2D eigenvalue weighted by Gasteiger charge is 2.09. The summed E-state index contributed by atoms with van der Waals surface area (Å²) in [6.45, 7) is 9.35. The van der Waals surface area contributed by atoms with Crippen LogP contribution in [0.3, 0.4) is 0 Å². The molecule has 0 spiro atoms. The number of pyridine rings is 1. The van der Waals surface area contributed by atoms with E-state index in [1.54, 1.807) is 12.5 Å². The van der Waals surface area contributed by atoms with E-state index in [0.717, 1.165) is 18.1 Å². The standard InChI is InChI=1S/C14H20N4/c1-11-7-12(9-16-14(2,3)4)8-13(17-11)18-6-5-15-10-18/h5-8,10,16H,9H2,1-4H3. The normalized spacial score (nSPS) is 11.8. The first-order valence-electron chi connectivity index (χ1n) is 6.15. The second-order valence-corrected chi connectivity index (χ2v) is 5.55. The second kappa shape index (κ2) is 4.90. The predicted molar refractivity (Wildman–Crippen MR) is 72.7 cm³/mol. The van der Waals surface area contributed by atoms with Gasteiger partial charge in [0.05, 0.1) is 0 Å². The Morgan fingerprint density at radius 2 is 2.06 bits per heavy atom. The monoisotopic (exact) mass is 244 g/mol. The maximum Gasteiger partial charge on any atom is 0.138 e. The summed E-state index contributed by atoms with van der Waals surface area (Å²) in [5.41, 5.74) is 2.37. The molecule has 0 aliphatic rings. The molecule has 0 aromatic carbocycles. The third kappa shape index (κ3) is 3.40. The molecule has 0 atom stereocenters. The number of aryl methyl sites for hydroxylation is 1. The van der Waals surface area contributed by atoms with Crippen LogP contribution in [0.4, 0.5) is 0 Å². The van der Waals surface area contributed by atoms with Crippen molar-refractivity contribution in [2.75, 3.05) is 0 Å². The molecule has 0 saturated carbocycles. The Hall–Kier alpha value is -1.68. The van der Waals surface area contributed by atoms with Gasteiger partial charge in [-0.25, -0.2) is 9.97 Å². The van der Waals surface area contributed by atoms with Crippen LogP contribution in [0.2, 0.25) is 0 Å². The van der Waals surface area contributed by atoms with E-state index in [-0.39, 0.29) is 5.54 Å². The summed E-state index contributed by atoms with van der Waals surface area (Å²) in [5, 5.41) is 3.49. The van der Waals surface area contributed by atoms with E-state index in [0.29, 0.717) is 0 Å². The van der Waals surface area contributed by atoms with Gasteiger partial charge in [-0.15, -0.1) is 0 Å². The third-order valence-electron chi connectivity index (χ3n) is 2.59. The van der Waals surface area contributed by atoms with Crippen molar-refractivity contribution in [3.63, 3.8) is 0 Å². The summed E-state index contributed by atoms with van der Waals surface area (Å²) in [5.74, 6) is 0.915.